The Morgan fingerprint density at radius 1 is 1.05 bits per heavy atom. The number of fused-ring (bicyclic) bond motifs is 2. The second-order valence-corrected chi connectivity index (χ2v) is 6.51. The van der Waals surface area contributed by atoms with E-state index in [-0.39, 0.29) is 12.7 Å². The third-order valence-electron chi connectivity index (χ3n) is 4.58. The lowest BCUT2D eigenvalue weighted by atomic mass is 9.87. The lowest BCUT2D eigenvalue weighted by Gasteiger charge is -2.28. The van der Waals surface area contributed by atoms with Crippen LogP contribution in [0.1, 0.15) is 37.7 Å². The molecule has 0 aromatic heterocycles. The van der Waals surface area contributed by atoms with Gasteiger partial charge in [0.1, 0.15) is 12.4 Å². The Bertz CT molecular complexity index is 489. The van der Waals surface area contributed by atoms with Gasteiger partial charge in [-0.15, -0.1) is 0 Å². The minimum Gasteiger partial charge on any atom is -0.490 e. The maximum absolute atomic E-state index is 12.1. The molecule has 1 aromatic rings. The van der Waals surface area contributed by atoms with Gasteiger partial charge in [0.05, 0.1) is 12.7 Å². The topological polar surface area (TPSA) is 18.5 Å². The van der Waals surface area contributed by atoms with Crippen LogP contribution in [0.5, 0.6) is 5.75 Å². The Morgan fingerprint density at radius 3 is 2.45 bits per heavy atom. The molecule has 3 rings (SSSR count). The van der Waals surface area contributed by atoms with Crippen LogP contribution in [0.2, 0.25) is 0 Å². The largest absolute Gasteiger partial charge is 0.490 e. The first-order valence-corrected chi connectivity index (χ1v) is 7.88. The predicted molar refractivity (Wildman–Crippen MR) is 76.6 cm³/mol. The summed E-state index contributed by atoms with van der Waals surface area (Å²) < 4.78 is 47.0. The Balaban J connectivity index is 1.52. The summed E-state index contributed by atoms with van der Waals surface area (Å²) in [5, 5.41) is 0. The van der Waals surface area contributed by atoms with E-state index in [4.69, 9.17) is 9.47 Å². The fourth-order valence-electron chi connectivity index (χ4n) is 3.73. The van der Waals surface area contributed by atoms with Gasteiger partial charge in [-0.05, 0) is 48.8 Å². The number of benzene rings is 1. The van der Waals surface area contributed by atoms with Crippen molar-refractivity contribution in [1.29, 1.82) is 0 Å². The van der Waals surface area contributed by atoms with Crippen molar-refractivity contribution in [3.63, 3.8) is 0 Å². The van der Waals surface area contributed by atoms with Gasteiger partial charge in [-0.25, -0.2) is 0 Å². The summed E-state index contributed by atoms with van der Waals surface area (Å²) in [4.78, 5) is 0. The minimum atomic E-state index is -4.28. The summed E-state index contributed by atoms with van der Waals surface area (Å²) in [5.41, 5.74) is 0.709. The summed E-state index contributed by atoms with van der Waals surface area (Å²) in [5.74, 6) is 2.32. The van der Waals surface area contributed by atoms with E-state index in [1.54, 1.807) is 18.2 Å². The molecule has 0 aliphatic heterocycles. The van der Waals surface area contributed by atoms with Gasteiger partial charge in [-0.1, -0.05) is 25.0 Å². The maximum atomic E-state index is 12.1. The van der Waals surface area contributed by atoms with E-state index in [0.29, 0.717) is 5.56 Å². The second-order valence-electron chi connectivity index (χ2n) is 6.51. The van der Waals surface area contributed by atoms with Gasteiger partial charge in [-0.2, -0.15) is 13.2 Å². The highest BCUT2D eigenvalue weighted by atomic mass is 19.4. The van der Waals surface area contributed by atoms with Crippen LogP contribution in [0.3, 0.4) is 0 Å². The number of rotatable bonds is 5. The third-order valence-corrected chi connectivity index (χ3v) is 4.58. The number of ether oxygens (including phenoxy) is 2. The van der Waals surface area contributed by atoms with Crippen molar-refractivity contribution in [3.8, 4) is 5.75 Å². The van der Waals surface area contributed by atoms with Gasteiger partial charge in [0, 0.05) is 0 Å². The number of alkyl halides is 3. The van der Waals surface area contributed by atoms with Gasteiger partial charge in [0.25, 0.3) is 0 Å². The molecule has 2 nitrogen and oxygen atoms in total. The number of hydrogen-bond donors (Lipinski definition) is 0. The highest BCUT2D eigenvalue weighted by molar-refractivity contribution is 5.28. The smallest absolute Gasteiger partial charge is 0.411 e. The highest BCUT2D eigenvalue weighted by Gasteiger charge is 2.35. The Morgan fingerprint density at radius 2 is 1.77 bits per heavy atom. The van der Waals surface area contributed by atoms with Crippen molar-refractivity contribution in [3.05, 3.63) is 29.8 Å². The average molecular weight is 314 g/mol. The Hall–Kier alpha value is -1.23. The van der Waals surface area contributed by atoms with Gasteiger partial charge in [0.2, 0.25) is 0 Å². The first kappa shape index (κ1) is 15.7. The van der Waals surface area contributed by atoms with E-state index in [1.807, 2.05) is 6.07 Å². The molecular formula is C17H21F3O2. The predicted octanol–water partition coefficient (Wildman–Crippen LogP) is 4.72. The zero-order valence-electron chi connectivity index (χ0n) is 12.4. The van der Waals surface area contributed by atoms with Crippen molar-refractivity contribution < 1.29 is 22.6 Å². The van der Waals surface area contributed by atoms with Crippen LogP contribution in [-0.2, 0) is 11.3 Å². The summed E-state index contributed by atoms with van der Waals surface area (Å²) in [6.07, 6.45) is 2.14. The fourth-order valence-corrected chi connectivity index (χ4v) is 3.73. The van der Waals surface area contributed by atoms with Crippen molar-refractivity contribution in [2.45, 2.75) is 51.0 Å². The SMILES string of the molecule is FC(F)(F)COCc1cccc(OC2C[C@H]3CC[C@@H](C2)C3)c1. The molecule has 1 aromatic carbocycles. The molecule has 1 unspecified atom stereocenters. The van der Waals surface area contributed by atoms with Gasteiger partial charge < -0.3 is 9.47 Å². The quantitative estimate of drug-likeness (QED) is 0.782. The number of halogens is 3. The minimum absolute atomic E-state index is 0.0490. The lowest BCUT2D eigenvalue weighted by molar-refractivity contribution is -0.176. The van der Waals surface area contributed by atoms with E-state index in [1.165, 1.54) is 19.3 Å². The second kappa shape index (κ2) is 6.49. The lowest BCUT2D eigenvalue weighted by Crippen LogP contribution is -2.26. The van der Waals surface area contributed by atoms with E-state index >= 15 is 0 Å². The van der Waals surface area contributed by atoms with Crippen molar-refractivity contribution in [1.82, 2.24) is 0 Å². The zero-order chi connectivity index (χ0) is 15.6. The standard InChI is InChI=1S/C17H21F3O2/c18-17(19,20)11-21-10-14-2-1-3-15(9-14)22-16-7-12-4-5-13(6-12)8-16/h1-3,9,12-13,16H,4-8,10-11H2/t12-,13+,16?. The fraction of sp³-hybridized carbons (Fsp3) is 0.647. The normalized spacial score (nSPS) is 27.9. The van der Waals surface area contributed by atoms with Gasteiger partial charge in [-0.3, -0.25) is 0 Å². The molecule has 122 valence electrons. The van der Waals surface area contributed by atoms with Crippen LogP contribution in [0.15, 0.2) is 24.3 Å². The zero-order valence-corrected chi connectivity index (χ0v) is 12.4. The van der Waals surface area contributed by atoms with E-state index in [2.05, 4.69) is 0 Å². The molecule has 2 bridgehead atoms. The Kier molecular flexibility index (Phi) is 4.62. The van der Waals surface area contributed by atoms with E-state index < -0.39 is 12.8 Å². The molecule has 2 aliphatic carbocycles. The molecule has 5 heteroatoms. The van der Waals surface area contributed by atoms with Crippen LogP contribution < -0.4 is 4.74 Å². The van der Waals surface area contributed by atoms with Gasteiger partial charge in [0.15, 0.2) is 0 Å². The van der Waals surface area contributed by atoms with E-state index in [9.17, 15) is 13.2 Å². The summed E-state index contributed by atoms with van der Waals surface area (Å²) >= 11 is 0. The van der Waals surface area contributed by atoms with Crippen LogP contribution in [-0.4, -0.2) is 18.9 Å². The van der Waals surface area contributed by atoms with Crippen LogP contribution in [0.25, 0.3) is 0 Å². The molecule has 0 radical (unpaired) electrons. The molecule has 2 fully saturated rings. The molecule has 2 saturated carbocycles. The van der Waals surface area contributed by atoms with E-state index in [0.717, 1.165) is 30.4 Å². The highest BCUT2D eigenvalue weighted by Crippen LogP contribution is 2.43. The maximum Gasteiger partial charge on any atom is 0.411 e. The molecule has 22 heavy (non-hydrogen) atoms. The molecule has 0 saturated heterocycles. The van der Waals surface area contributed by atoms with Crippen LogP contribution >= 0.6 is 0 Å². The molecule has 0 heterocycles. The summed E-state index contributed by atoms with van der Waals surface area (Å²) in [6, 6.07) is 7.21. The summed E-state index contributed by atoms with van der Waals surface area (Å²) in [6.45, 7) is -1.27. The molecular weight excluding hydrogens is 293 g/mol. The molecule has 0 spiro atoms. The molecule has 0 amide bonds. The van der Waals surface area contributed by atoms with Crippen LogP contribution in [0, 0.1) is 11.8 Å². The van der Waals surface area contributed by atoms with Crippen LogP contribution in [0.4, 0.5) is 13.2 Å². The molecule has 0 N–H and O–H groups in total. The molecule has 3 atom stereocenters. The average Bonchev–Trinajstić information content (AvgIpc) is 2.77. The summed E-state index contributed by atoms with van der Waals surface area (Å²) in [7, 11) is 0. The van der Waals surface area contributed by atoms with Gasteiger partial charge >= 0.3 is 6.18 Å². The number of hydrogen-bond acceptors (Lipinski definition) is 2. The van der Waals surface area contributed by atoms with Crippen molar-refractivity contribution >= 4 is 0 Å². The third kappa shape index (κ3) is 4.38. The monoisotopic (exact) mass is 314 g/mol. The van der Waals surface area contributed by atoms with Crippen molar-refractivity contribution in [2.75, 3.05) is 6.61 Å². The van der Waals surface area contributed by atoms with Crippen molar-refractivity contribution in [2.24, 2.45) is 11.8 Å². The Labute approximate surface area is 128 Å². The first-order valence-electron chi connectivity index (χ1n) is 7.88. The molecule has 2 aliphatic rings. The first-order chi connectivity index (χ1) is 10.5.